The van der Waals surface area contributed by atoms with Gasteiger partial charge in [-0.2, -0.15) is 58.7 Å². The average molecular weight is 808 g/mol. The predicted octanol–water partition coefficient (Wildman–Crippen LogP) is 5.31. The summed E-state index contributed by atoms with van der Waals surface area (Å²) in [6, 6.07) is 30.1. The van der Waals surface area contributed by atoms with E-state index in [2.05, 4.69) is 156 Å². The number of hydrogen-bond donors (Lipinski definition) is 0. The minimum Gasteiger partial charge on any atom is -1.00 e. The van der Waals surface area contributed by atoms with Gasteiger partial charge in [-0.1, -0.05) is 153 Å². The van der Waals surface area contributed by atoms with Crippen LogP contribution in [0.15, 0.2) is 60.7 Å². The Hall–Kier alpha value is -0.774. The third-order valence-electron chi connectivity index (χ3n) is 9.05. The molecule has 240 valence electrons. The summed E-state index contributed by atoms with van der Waals surface area (Å²) in [4.78, 5) is 0. The zero-order chi connectivity index (χ0) is 30.8. The Labute approximate surface area is 331 Å². The first-order chi connectivity index (χ1) is 19.3. The van der Waals surface area contributed by atoms with Crippen LogP contribution in [0.3, 0.4) is 0 Å². The second-order valence-electron chi connectivity index (χ2n) is 16.7. The summed E-state index contributed by atoms with van der Waals surface area (Å²) in [6.45, 7) is 27.3. The number of halogens is 2. The molecule has 0 unspecified atom stereocenters. The van der Waals surface area contributed by atoms with Crippen LogP contribution in [0.25, 0.3) is 22.3 Å². The zero-order valence-electron chi connectivity index (χ0n) is 29.9. The molecule has 0 amide bonds. The molecule has 4 aromatic rings. The second-order valence-corrected chi connectivity index (χ2v) is 16.7. The van der Waals surface area contributed by atoms with Crippen molar-refractivity contribution in [2.45, 2.75) is 118 Å². The predicted molar refractivity (Wildman–Crippen MR) is 182 cm³/mol. The molecule has 0 aliphatic heterocycles. The number of benzene rings is 4. The topological polar surface area (TPSA) is 0 Å². The average Bonchev–Trinajstić information content (AvgIpc) is 3.43. The van der Waals surface area contributed by atoms with Crippen molar-refractivity contribution in [3.63, 3.8) is 0 Å². The maximum absolute atomic E-state index is 3.53. The smallest absolute Gasteiger partial charge is 1.00 e. The summed E-state index contributed by atoms with van der Waals surface area (Å²) in [5.74, 6) is 0. The molecule has 0 saturated carbocycles. The van der Waals surface area contributed by atoms with Gasteiger partial charge in [0, 0.05) is 0 Å². The van der Waals surface area contributed by atoms with Crippen LogP contribution in [0.5, 0.6) is 0 Å². The van der Waals surface area contributed by atoms with E-state index in [1.807, 2.05) is 0 Å². The summed E-state index contributed by atoms with van der Waals surface area (Å²) in [6.07, 6.45) is 2.05. The number of rotatable bonds is 0. The van der Waals surface area contributed by atoms with Gasteiger partial charge >= 0.3 is 52.4 Å². The fraction of sp³-hybridized carbons (Fsp3) is 0.429. The van der Waals surface area contributed by atoms with Crippen LogP contribution in [-0.2, 0) is 86.9 Å². The molecule has 0 N–H and O–H groups in total. The van der Waals surface area contributed by atoms with E-state index in [9.17, 15) is 0 Å². The summed E-state index contributed by atoms with van der Waals surface area (Å²) in [5.41, 5.74) is 17.5. The van der Waals surface area contributed by atoms with Crippen LogP contribution in [0.1, 0.15) is 128 Å². The minimum atomic E-state index is 0. The van der Waals surface area contributed by atoms with E-state index in [4.69, 9.17) is 0 Å². The van der Waals surface area contributed by atoms with Crippen molar-refractivity contribution < 1.29 is 77.2 Å². The van der Waals surface area contributed by atoms with Gasteiger partial charge in [-0.25, -0.2) is 0 Å². The van der Waals surface area contributed by atoms with Crippen LogP contribution in [-0.4, -0.2) is 0 Å². The van der Waals surface area contributed by atoms with Gasteiger partial charge in [0.15, 0.2) is 0 Å². The van der Waals surface area contributed by atoms with Gasteiger partial charge in [0.25, 0.3) is 0 Å². The van der Waals surface area contributed by atoms with Gasteiger partial charge in [-0.15, -0.1) is 11.1 Å². The van der Waals surface area contributed by atoms with E-state index < -0.39 is 0 Å². The SMILES string of the molecule is CC(C)(C)c1c[c-]c2c(c1)-c1cc(C(C)(C)C)ccc1C2.CC(C)(C)c1c[c-]c2c(c1)-c1cc(C(C)(C)C)ccc1C2.[Cl-].[Cl-].[Zr+2].[Zr+2]. The summed E-state index contributed by atoms with van der Waals surface area (Å²) in [5, 5.41) is 0. The van der Waals surface area contributed by atoms with Crippen LogP contribution in [0.2, 0.25) is 0 Å². The van der Waals surface area contributed by atoms with Gasteiger partial charge in [0.2, 0.25) is 0 Å². The van der Waals surface area contributed by atoms with Gasteiger partial charge < -0.3 is 24.8 Å². The molecule has 0 atom stereocenters. The van der Waals surface area contributed by atoms with Crippen molar-refractivity contribution in [1.82, 2.24) is 0 Å². The van der Waals surface area contributed by atoms with Crippen molar-refractivity contribution in [3.8, 4) is 22.3 Å². The van der Waals surface area contributed by atoms with Crippen LogP contribution >= 0.6 is 0 Å². The number of fused-ring (bicyclic) bond motifs is 6. The molecule has 4 aromatic carbocycles. The third-order valence-corrected chi connectivity index (χ3v) is 9.05. The molecule has 0 heterocycles. The molecule has 2 aliphatic rings. The van der Waals surface area contributed by atoms with Crippen LogP contribution < -0.4 is 24.8 Å². The summed E-state index contributed by atoms with van der Waals surface area (Å²) in [7, 11) is 0. The fourth-order valence-corrected chi connectivity index (χ4v) is 5.97. The Morgan fingerprint density at radius 2 is 0.696 bits per heavy atom. The van der Waals surface area contributed by atoms with Gasteiger partial charge in [-0.3, -0.25) is 0 Å². The quantitative estimate of drug-likeness (QED) is 0.183. The van der Waals surface area contributed by atoms with E-state index in [1.165, 1.54) is 66.8 Å². The molecule has 0 bridgehead atoms. The molecule has 4 heteroatoms. The normalized spacial score (nSPS) is 12.8. The fourth-order valence-electron chi connectivity index (χ4n) is 5.97. The first-order valence-corrected chi connectivity index (χ1v) is 15.7. The Balaban J connectivity index is 0.000000423. The van der Waals surface area contributed by atoms with Crippen molar-refractivity contribution >= 4 is 0 Å². The molecule has 0 fully saturated rings. The number of hydrogen-bond acceptors (Lipinski definition) is 0. The molecular formula is C42H50Cl2Zr2. The summed E-state index contributed by atoms with van der Waals surface area (Å²) >= 11 is 0. The van der Waals surface area contributed by atoms with Gasteiger partial charge in [-0.05, 0) is 34.8 Å². The maximum Gasteiger partial charge on any atom is 2.00 e. The third kappa shape index (κ3) is 9.26. The van der Waals surface area contributed by atoms with Crippen molar-refractivity contribution in [2.24, 2.45) is 0 Å². The molecule has 2 aliphatic carbocycles. The van der Waals surface area contributed by atoms with Gasteiger partial charge in [0.05, 0.1) is 0 Å². The van der Waals surface area contributed by atoms with E-state index in [0.717, 1.165) is 12.8 Å². The van der Waals surface area contributed by atoms with Crippen LogP contribution in [0, 0.1) is 12.1 Å². The standard InChI is InChI=1S/2C21H25.2ClH.2Zr/c2*1-20(2,3)16-9-7-14-11-15-8-10-17(21(4,5)6)13-19(15)18(14)12-16;;;;/h2*7,9-10,12-13H,11H2,1-6H3;2*1H;;/q2*-1;;;2*+2/p-2. The van der Waals surface area contributed by atoms with E-state index in [-0.39, 0.29) is 98.9 Å². The largest absolute Gasteiger partial charge is 2.00 e. The second kappa shape index (κ2) is 15.4. The van der Waals surface area contributed by atoms with Crippen molar-refractivity contribution in [2.75, 3.05) is 0 Å². The van der Waals surface area contributed by atoms with Crippen LogP contribution in [0.4, 0.5) is 0 Å². The minimum absolute atomic E-state index is 0. The molecule has 6 rings (SSSR count). The zero-order valence-corrected chi connectivity index (χ0v) is 36.4. The van der Waals surface area contributed by atoms with Crippen molar-refractivity contribution in [3.05, 3.63) is 117 Å². The van der Waals surface area contributed by atoms with Crippen molar-refractivity contribution in [1.29, 1.82) is 0 Å². The first kappa shape index (κ1) is 43.2. The van der Waals surface area contributed by atoms with E-state index in [0.29, 0.717) is 0 Å². The Morgan fingerprint density at radius 1 is 0.413 bits per heavy atom. The molecule has 0 nitrogen and oxygen atoms in total. The monoisotopic (exact) mass is 804 g/mol. The molecule has 0 aromatic heterocycles. The molecule has 0 saturated heterocycles. The van der Waals surface area contributed by atoms with E-state index in [1.54, 1.807) is 0 Å². The first-order valence-electron chi connectivity index (χ1n) is 15.7. The Morgan fingerprint density at radius 3 is 0.978 bits per heavy atom. The van der Waals surface area contributed by atoms with E-state index >= 15 is 0 Å². The van der Waals surface area contributed by atoms with Gasteiger partial charge in [0.1, 0.15) is 0 Å². The summed E-state index contributed by atoms with van der Waals surface area (Å²) < 4.78 is 0. The molecule has 46 heavy (non-hydrogen) atoms. The molecular weight excluding hydrogens is 758 g/mol. The molecule has 0 radical (unpaired) electrons. The Bertz CT molecular complexity index is 1410. The molecule has 0 spiro atoms. The maximum atomic E-state index is 3.53. The Kier molecular flexibility index (Phi) is 14.5.